The van der Waals surface area contributed by atoms with Crippen LogP contribution in [0.5, 0.6) is 5.75 Å². The van der Waals surface area contributed by atoms with Gasteiger partial charge in [-0.15, -0.1) is 0 Å². The molecule has 0 radical (unpaired) electrons. The first-order chi connectivity index (χ1) is 9.95. The molecule has 5 nitrogen and oxygen atoms in total. The molecule has 1 aliphatic rings. The van der Waals surface area contributed by atoms with E-state index in [-0.39, 0.29) is 18.2 Å². The molecule has 2 N–H and O–H groups in total. The molecule has 112 valence electrons. The third kappa shape index (κ3) is 4.01. The van der Waals surface area contributed by atoms with Gasteiger partial charge in [-0.1, -0.05) is 12.2 Å². The van der Waals surface area contributed by atoms with E-state index < -0.39 is 36.0 Å². The Labute approximate surface area is 119 Å². The van der Waals surface area contributed by atoms with Gasteiger partial charge in [0.1, 0.15) is 5.82 Å². The van der Waals surface area contributed by atoms with Crippen LogP contribution in [0, 0.1) is 17.6 Å². The van der Waals surface area contributed by atoms with Gasteiger partial charge in [-0.25, -0.2) is 8.78 Å². The normalized spacial score (nSPS) is 20.3. The van der Waals surface area contributed by atoms with E-state index in [0.717, 1.165) is 12.1 Å². The SMILES string of the molecule is O=C(COc1ccc(F)cc1F)NC1C=CC(C(=O)O)C1. The van der Waals surface area contributed by atoms with E-state index >= 15 is 0 Å². The Balaban J connectivity index is 1.81. The minimum absolute atomic E-state index is 0.225. The lowest BCUT2D eigenvalue weighted by Crippen LogP contribution is -2.36. The van der Waals surface area contributed by atoms with Crippen LogP contribution in [0.25, 0.3) is 0 Å². The Morgan fingerprint density at radius 1 is 1.33 bits per heavy atom. The third-order valence-electron chi connectivity index (χ3n) is 3.00. The maximum Gasteiger partial charge on any atom is 0.310 e. The van der Waals surface area contributed by atoms with Gasteiger partial charge < -0.3 is 15.2 Å². The second-order valence-corrected chi connectivity index (χ2v) is 4.60. The maximum absolute atomic E-state index is 13.3. The van der Waals surface area contributed by atoms with Gasteiger partial charge in [-0.2, -0.15) is 0 Å². The van der Waals surface area contributed by atoms with E-state index in [4.69, 9.17) is 9.84 Å². The molecule has 7 heteroatoms. The second kappa shape index (κ2) is 6.34. The topological polar surface area (TPSA) is 75.6 Å². The number of nitrogens with one attached hydrogen (secondary N) is 1. The van der Waals surface area contributed by atoms with Gasteiger partial charge in [-0.05, 0) is 18.6 Å². The van der Waals surface area contributed by atoms with E-state index in [1.54, 1.807) is 6.08 Å². The lowest BCUT2D eigenvalue weighted by atomic mass is 10.1. The van der Waals surface area contributed by atoms with Crippen LogP contribution in [0.3, 0.4) is 0 Å². The number of carbonyl (C=O) groups is 2. The largest absolute Gasteiger partial charge is 0.481 e. The fraction of sp³-hybridized carbons (Fsp3) is 0.286. The van der Waals surface area contributed by atoms with Gasteiger partial charge in [0.15, 0.2) is 18.2 Å². The average Bonchev–Trinajstić information content (AvgIpc) is 2.86. The van der Waals surface area contributed by atoms with Crippen molar-refractivity contribution in [1.82, 2.24) is 5.32 Å². The molecule has 0 bridgehead atoms. The first kappa shape index (κ1) is 15.0. The summed E-state index contributed by atoms with van der Waals surface area (Å²) in [7, 11) is 0. The van der Waals surface area contributed by atoms with Crippen molar-refractivity contribution >= 4 is 11.9 Å². The number of carbonyl (C=O) groups excluding carboxylic acids is 1. The van der Waals surface area contributed by atoms with Crippen LogP contribution in [0.4, 0.5) is 8.78 Å². The maximum atomic E-state index is 13.3. The highest BCUT2D eigenvalue weighted by Crippen LogP contribution is 2.19. The van der Waals surface area contributed by atoms with Gasteiger partial charge >= 0.3 is 5.97 Å². The molecule has 1 amide bonds. The summed E-state index contributed by atoms with van der Waals surface area (Å²) in [6.45, 7) is -0.440. The van der Waals surface area contributed by atoms with E-state index in [2.05, 4.69) is 5.32 Å². The quantitative estimate of drug-likeness (QED) is 0.807. The second-order valence-electron chi connectivity index (χ2n) is 4.60. The molecule has 1 aromatic carbocycles. The van der Waals surface area contributed by atoms with Crippen LogP contribution < -0.4 is 10.1 Å². The lowest BCUT2D eigenvalue weighted by molar-refractivity contribution is -0.140. The number of carboxylic acid groups (broad SMARTS) is 1. The van der Waals surface area contributed by atoms with Crippen molar-refractivity contribution in [3.63, 3.8) is 0 Å². The zero-order valence-corrected chi connectivity index (χ0v) is 10.9. The fourth-order valence-electron chi connectivity index (χ4n) is 1.97. The smallest absolute Gasteiger partial charge is 0.310 e. The predicted molar refractivity (Wildman–Crippen MR) is 68.7 cm³/mol. The number of hydrogen-bond acceptors (Lipinski definition) is 3. The summed E-state index contributed by atoms with van der Waals surface area (Å²) in [5, 5.41) is 11.4. The Kier molecular flexibility index (Phi) is 4.52. The minimum Gasteiger partial charge on any atom is -0.481 e. The zero-order valence-electron chi connectivity index (χ0n) is 10.9. The molecule has 0 aromatic heterocycles. The number of halogens is 2. The number of benzene rings is 1. The van der Waals surface area contributed by atoms with E-state index in [0.29, 0.717) is 6.07 Å². The number of amides is 1. The number of aliphatic carboxylic acids is 1. The van der Waals surface area contributed by atoms with E-state index in [1.165, 1.54) is 6.08 Å². The van der Waals surface area contributed by atoms with Gasteiger partial charge in [0.05, 0.1) is 5.92 Å². The number of hydrogen-bond donors (Lipinski definition) is 2. The Morgan fingerprint density at radius 3 is 2.71 bits per heavy atom. The fourth-order valence-corrected chi connectivity index (χ4v) is 1.97. The van der Waals surface area contributed by atoms with Crippen LogP contribution >= 0.6 is 0 Å². The van der Waals surface area contributed by atoms with Crippen LogP contribution in [-0.4, -0.2) is 29.6 Å². The van der Waals surface area contributed by atoms with Crippen molar-refractivity contribution in [3.8, 4) is 5.75 Å². The molecule has 1 aromatic rings. The minimum atomic E-state index is -0.951. The molecule has 0 spiro atoms. The number of ether oxygens (including phenoxy) is 1. The molecule has 2 rings (SSSR count). The zero-order chi connectivity index (χ0) is 15.4. The van der Waals surface area contributed by atoms with Crippen molar-refractivity contribution in [3.05, 3.63) is 42.0 Å². The highest BCUT2D eigenvalue weighted by molar-refractivity contribution is 5.79. The molecule has 0 saturated heterocycles. The highest BCUT2D eigenvalue weighted by atomic mass is 19.1. The highest BCUT2D eigenvalue weighted by Gasteiger charge is 2.25. The molecule has 0 fully saturated rings. The molecular formula is C14H13F2NO4. The van der Waals surface area contributed by atoms with Crippen molar-refractivity contribution in [1.29, 1.82) is 0 Å². The van der Waals surface area contributed by atoms with Crippen LogP contribution in [-0.2, 0) is 9.59 Å². The standard InChI is InChI=1S/C14H13F2NO4/c15-9-2-4-12(11(16)6-9)21-7-13(18)17-10-3-1-8(5-10)14(19)20/h1-4,6,8,10H,5,7H2,(H,17,18)(H,19,20). The molecule has 2 unspecified atom stereocenters. The average molecular weight is 297 g/mol. The van der Waals surface area contributed by atoms with Crippen molar-refractivity contribution in [2.75, 3.05) is 6.61 Å². The molecular weight excluding hydrogens is 284 g/mol. The predicted octanol–water partition coefficient (Wildman–Crippen LogP) is 1.49. The van der Waals surface area contributed by atoms with Gasteiger partial charge in [0, 0.05) is 12.1 Å². The summed E-state index contributed by atoms with van der Waals surface area (Å²) in [6, 6.07) is 2.38. The van der Waals surface area contributed by atoms with Gasteiger partial charge in [0.25, 0.3) is 5.91 Å². The summed E-state index contributed by atoms with van der Waals surface area (Å²) in [5.41, 5.74) is 0. The first-order valence-corrected chi connectivity index (χ1v) is 6.24. The van der Waals surface area contributed by atoms with E-state index in [9.17, 15) is 18.4 Å². The first-order valence-electron chi connectivity index (χ1n) is 6.24. The van der Waals surface area contributed by atoms with Crippen LogP contribution in [0.2, 0.25) is 0 Å². The Bertz CT molecular complexity index is 588. The summed E-state index contributed by atoms with van der Waals surface area (Å²) < 4.78 is 30.9. The summed E-state index contributed by atoms with van der Waals surface area (Å²) in [6.07, 6.45) is 3.37. The molecule has 1 aliphatic carbocycles. The van der Waals surface area contributed by atoms with Crippen molar-refractivity contribution in [2.45, 2.75) is 12.5 Å². The summed E-state index contributed by atoms with van der Waals surface area (Å²) >= 11 is 0. The van der Waals surface area contributed by atoms with Gasteiger partial charge in [0.2, 0.25) is 0 Å². The summed E-state index contributed by atoms with van der Waals surface area (Å²) in [4.78, 5) is 22.4. The van der Waals surface area contributed by atoms with Crippen LogP contribution in [0.1, 0.15) is 6.42 Å². The van der Waals surface area contributed by atoms with Crippen molar-refractivity contribution < 1.29 is 28.2 Å². The molecule has 0 saturated carbocycles. The third-order valence-corrected chi connectivity index (χ3v) is 3.00. The van der Waals surface area contributed by atoms with E-state index in [1.807, 2.05) is 0 Å². The van der Waals surface area contributed by atoms with Gasteiger partial charge in [-0.3, -0.25) is 9.59 Å². The molecule has 21 heavy (non-hydrogen) atoms. The number of rotatable bonds is 5. The lowest BCUT2D eigenvalue weighted by Gasteiger charge is -2.13. The molecule has 0 heterocycles. The molecule has 0 aliphatic heterocycles. The number of carboxylic acids is 1. The Hall–Kier alpha value is -2.44. The monoisotopic (exact) mass is 297 g/mol. The van der Waals surface area contributed by atoms with Crippen LogP contribution in [0.15, 0.2) is 30.4 Å². The van der Waals surface area contributed by atoms with Crippen molar-refractivity contribution in [2.24, 2.45) is 5.92 Å². The Morgan fingerprint density at radius 2 is 2.10 bits per heavy atom. The molecule has 2 atom stereocenters. The summed E-state index contributed by atoms with van der Waals surface area (Å²) in [5.74, 6) is -3.94.